The van der Waals surface area contributed by atoms with Crippen LogP contribution in [0, 0.1) is 0 Å². The maximum atomic E-state index is 10.5. The van der Waals surface area contributed by atoms with E-state index in [2.05, 4.69) is 20.7 Å². The van der Waals surface area contributed by atoms with E-state index in [4.69, 9.17) is 14.5 Å². The van der Waals surface area contributed by atoms with Gasteiger partial charge in [0.2, 0.25) is 17.9 Å². The molecule has 4 N–H and O–H groups in total. The summed E-state index contributed by atoms with van der Waals surface area (Å²) in [7, 11) is 3.31. The van der Waals surface area contributed by atoms with Gasteiger partial charge in [-0.1, -0.05) is 24.3 Å². The zero-order chi connectivity index (χ0) is 24.6. The fourth-order valence-corrected chi connectivity index (χ4v) is 5.94. The number of aromatic hydroxyl groups is 2. The van der Waals surface area contributed by atoms with E-state index in [-0.39, 0.29) is 29.9 Å². The van der Waals surface area contributed by atoms with E-state index in [0.717, 1.165) is 69.0 Å². The number of para-hydroxylation sites is 2. The largest absolute Gasteiger partial charge is 1.00 e. The highest BCUT2D eigenvalue weighted by atomic mass is 35.5. The molecule has 1 unspecified atom stereocenters. The van der Waals surface area contributed by atoms with E-state index in [9.17, 15) is 10.2 Å². The molecule has 1 aliphatic rings. The average molecular weight is 517 g/mol. The minimum Gasteiger partial charge on any atom is -1.00 e. The second-order valence-electron chi connectivity index (χ2n) is 9.32. The van der Waals surface area contributed by atoms with Crippen molar-refractivity contribution in [1.29, 1.82) is 0 Å². The quantitative estimate of drug-likeness (QED) is 0.269. The second-order valence-corrected chi connectivity index (χ2v) is 9.32. The number of halogens is 1. The van der Waals surface area contributed by atoms with Gasteiger partial charge in [-0.2, -0.15) is 4.57 Å². The van der Waals surface area contributed by atoms with E-state index in [0.29, 0.717) is 16.8 Å². The summed E-state index contributed by atoms with van der Waals surface area (Å²) in [5.41, 5.74) is 5.22. The van der Waals surface area contributed by atoms with Gasteiger partial charge in [-0.15, -0.1) is 0 Å². The number of aryl methyl sites for hydroxylation is 1. The molecule has 2 aromatic carbocycles. The molecule has 0 bridgehead atoms. The van der Waals surface area contributed by atoms with Crippen molar-refractivity contribution in [3.63, 3.8) is 0 Å². The maximum absolute atomic E-state index is 10.5. The Morgan fingerprint density at radius 1 is 0.865 bits per heavy atom. The molecule has 0 amide bonds. The van der Waals surface area contributed by atoms with Crippen molar-refractivity contribution in [3.05, 3.63) is 60.2 Å². The molecule has 0 saturated carbocycles. The zero-order valence-corrected chi connectivity index (χ0v) is 21.1. The van der Waals surface area contributed by atoms with E-state index < -0.39 is 0 Å². The molecule has 0 radical (unpaired) electrons. The topological polar surface area (TPSA) is 107 Å². The Labute approximate surface area is 217 Å². The average Bonchev–Trinajstić information content (AvgIpc) is 3.49. The second kappa shape index (κ2) is 8.45. The lowest BCUT2D eigenvalue weighted by Gasteiger charge is -2.21. The van der Waals surface area contributed by atoms with Gasteiger partial charge >= 0.3 is 0 Å². The number of fused-ring (bicyclic) bond motifs is 8. The number of benzene rings is 2. The summed E-state index contributed by atoms with van der Waals surface area (Å²) in [5.74, 6) is 1.80. The molecule has 5 heterocycles. The fraction of sp³-hybridized carbons (Fsp3) is 0.214. The van der Waals surface area contributed by atoms with Gasteiger partial charge in [0, 0.05) is 23.6 Å². The minimum absolute atomic E-state index is 0. The van der Waals surface area contributed by atoms with Crippen LogP contribution in [0.15, 0.2) is 48.8 Å². The van der Waals surface area contributed by atoms with Crippen molar-refractivity contribution >= 4 is 43.6 Å². The maximum Gasteiger partial charge on any atom is 0.212 e. The van der Waals surface area contributed by atoms with E-state index in [1.165, 1.54) is 0 Å². The van der Waals surface area contributed by atoms with Crippen LogP contribution in [0.25, 0.3) is 43.6 Å². The van der Waals surface area contributed by atoms with Gasteiger partial charge in [0.15, 0.2) is 5.75 Å². The van der Waals surface area contributed by atoms with Crippen molar-refractivity contribution in [2.45, 2.75) is 25.3 Å². The molecule has 188 valence electrons. The van der Waals surface area contributed by atoms with Crippen molar-refractivity contribution < 1.29 is 36.7 Å². The van der Waals surface area contributed by atoms with E-state index >= 15 is 0 Å². The number of aromatic amines is 2. The van der Waals surface area contributed by atoms with Gasteiger partial charge in [-0.05, 0) is 18.6 Å². The van der Waals surface area contributed by atoms with Crippen LogP contribution in [0.3, 0.4) is 0 Å². The number of hydrogen-bond donors (Lipinski definition) is 4. The molecule has 9 heteroatoms. The highest BCUT2D eigenvalue weighted by molar-refractivity contribution is 6.13. The Morgan fingerprint density at radius 3 is 2.14 bits per heavy atom. The molecule has 6 aromatic rings. The Bertz CT molecular complexity index is 1840. The molecule has 0 spiro atoms. The molecule has 1 atom stereocenters. The number of nitrogens with zero attached hydrogens (tertiary/aromatic N) is 2. The lowest BCUT2D eigenvalue weighted by molar-refractivity contribution is -0.725. The van der Waals surface area contributed by atoms with Crippen molar-refractivity contribution in [3.8, 4) is 23.0 Å². The molecule has 4 aromatic heterocycles. The van der Waals surface area contributed by atoms with Crippen molar-refractivity contribution in [2.24, 2.45) is 0 Å². The van der Waals surface area contributed by atoms with Gasteiger partial charge in [0.25, 0.3) is 0 Å². The predicted octanol–water partition coefficient (Wildman–Crippen LogP) is 2.00. The summed E-state index contributed by atoms with van der Waals surface area (Å²) in [5, 5.41) is 24.7. The van der Waals surface area contributed by atoms with Crippen LogP contribution in [0.4, 0.5) is 0 Å². The summed E-state index contributed by atoms with van der Waals surface area (Å²) in [4.78, 5) is 11.8. The van der Waals surface area contributed by atoms with Crippen LogP contribution >= 0.6 is 0 Å². The first kappa shape index (κ1) is 23.2. The third kappa shape index (κ3) is 3.15. The number of nitrogens with one attached hydrogen (secondary N) is 2. The van der Waals surface area contributed by atoms with Gasteiger partial charge < -0.3 is 42.1 Å². The molecule has 7 rings (SSSR count). The SMILES string of the molecule is COc1cnc(C2CCCc3c4[nH]c5c(O)cccc5c4c(OC)c[n+]32)c2[nH]c3c(O)cccc3c12.[Cl-]. The lowest BCUT2D eigenvalue weighted by atomic mass is 9.95. The number of ether oxygens (including phenoxy) is 2. The van der Waals surface area contributed by atoms with Gasteiger partial charge in [-0.3, -0.25) is 0 Å². The normalized spacial score (nSPS) is 15.2. The predicted molar refractivity (Wildman–Crippen MR) is 137 cm³/mol. The summed E-state index contributed by atoms with van der Waals surface area (Å²) < 4.78 is 13.8. The highest BCUT2D eigenvalue weighted by Crippen LogP contribution is 2.42. The molecule has 0 saturated heterocycles. The first-order chi connectivity index (χ1) is 17.6. The zero-order valence-electron chi connectivity index (χ0n) is 20.3. The summed E-state index contributed by atoms with van der Waals surface area (Å²) in [6, 6.07) is 11.0. The Balaban J connectivity index is 0.00000252. The number of pyridine rings is 2. The molecule has 8 nitrogen and oxygen atoms in total. The summed E-state index contributed by atoms with van der Waals surface area (Å²) in [6.45, 7) is 0. The molecule has 37 heavy (non-hydrogen) atoms. The molecule has 0 fully saturated rings. The number of methoxy groups -OCH3 is 2. The van der Waals surface area contributed by atoms with Crippen LogP contribution in [0.1, 0.15) is 30.3 Å². The van der Waals surface area contributed by atoms with Crippen molar-refractivity contribution in [1.82, 2.24) is 15.0 Å². The minimum atomic E-state index is -0.0596. The molecular formula is C28H25ClN4O4. The fourth-order valence-electron chi connectivity index (χ4n) is 5.94. The van der Waals surface area contributed by atoms with E-state index in [1.807, 2.05) is 24.3 Å². The van der Waals surface area contributed by atoms with Crippen LogP contribution in [0.5, 0.6) is 23.0 Å². The number of rotatable bonds is 3. The van der Waals surface area contributed by atoms with Gasteiger partial charge in [0.05, 0.1) is 47.7 Å². The van der Waals surface area contributed by atoms with Crippen LogP contribution in [-0.4, -0.2) is 39.4 Å². The monoisotopic (exact) mass is 516 g/mol. The third-order valence-electron chi connectivity index (χ3n) is 7.53. The van der Waals surface area contributed by atoms with Crippen LogP contribution < -0.4 is 26.4 Å². The van der Waals surface area contributed by atoms with Gasteiger partial charge in [0.1, 0.15) is 28.5 Å². The molecule has 0 aliphatic carbocycles. The summed E-state index contributed by atoms with van der Waals surface area (Å²) >= 11 is 0. The third-order valence-corrected chi connectivity index (χ3v) is 7.53. The number of H-pyrrole nitrogens is 2. The van der Waals surface area contributed by atoms with Crippen molar-refractivity contribution in [2.75, 3.05) is 14.2 Å². The van der Waals surface area contributed by atoms with E-state index in [1.54, 1.807) is 32.5 Å². The number of aromatic nitrogens is 4. The Morgan fingerprint density at radius 2 is 1.49 bits per heavy atom. The Kier molecular flexibility index (Phi) is 5.31. The smallest absolute Gasteiger partial charge is 0.212 e. The summed E-state index contributed by atoms with van der Waals surface area (Å²) in [6.07, 6.45) is 6.58. The number of hydrogen-bond acceptors (Lipinski definition) is 5. The highest BCUT2D eigenvalue weighted by Gasteiger charge is 2.36. The first-order valence-electron chi connectivity index (χ1n) is 12.0. The van der Waals surface area contributed by atoms with Crippen LogP contribution in [-0.2, 0) is 6.42 Å². The first-order valence-corrected chi connectivity index (χ1v) is 12.0. The molecule has 1 aliphatic heterocycles. The number of phenolic OH excluding ortho intramolecular Hbond substituents is 2. The van der Waals surface area contributed by atoms with Gasteiger partial charge in [-0.25, -0.2) is 4.98 Å². The standard InChI is InChI=1S/C28H24N4O4.ClH/c1-35-20-12-29-27(28-22(20)14-6-3-11-19(34)25(14)31-28)17-9-5-8-16-26-23(21(36-2)13-32(16)17)15-7-4-10-18(33)24(15)30-26;/h3-4,6-7,10-13,17H,5,8-9H2,1-2H3,(H3,29,31,33,34);1H. The molecular weight excluding hydrogens is 492 g/mol. The van der Waals surface area contributed by atoms with Crippen LogP contribution in [0.2, 0.25) is 0 Å². The lowest BCUT2D eigenvalue weighted by Crippen LogP contribution is -3.00. The Hall–Kier alpha value is -4.17. The number of phenols is 2.